The van der Waals surface area contributed by atoms with Gasteiger partial charge < -0.3 is 5.11 Å². The lowest BCUT2D eigenvalue weighted by molar-refractivity contribution is 0.101. The van der Waals surface area contributed by atoms with Gasteiger partial charge in [-0.1, -0.05) is 59.7 Å². The summed E-state index contributed by atoms with van der Waals surface area (Å²) >= 11 is 0. The molecule has 1 N–H and O–H groups in total. The van der Waals surface area contributed by atoms with Gasteiger partial charge in [0, 0.05) is 10.9 Å². The molecule has 22 heavy (non-hydrogen) atoms. The second kappa shape index (κ2) is 6.22. The van der Waals surface area contributed by atoms with Gasteiger partial charge in [0.25, 0.3) is 0 Å². The SMILES string of the molecule is CC(=O)c1ccccc1Pc1cc(C(C)(C)C)cc(C)c1O. The maximum Gasteiger partial charge on any atom is 0.160 e. The Morgan fingerprint density at radius 1 is 1.09 bits per heavy atom. The van der Waals surface area contributed by atoms with Crippen LogP contribution < -0.4 is 10.6 Å². The van der Waals surface area contributed by atoms with Crippen molar-refractivity contribution in [2.75, 3.05) is 0 Å². The van der Waals surface area contributed by atoms with Crippen LogP contribution in [0.5, 0.6) is 5.75 Å². The lowest BCUT2D eigenvalue weighted by Crippen LogP contribution is -2.17. The Labute approximate surface area is 134 Å². The van der Waals surface area contributed by atoms with Crippen molar-refractivity contribution in [2.24, 2.45) is 0 Å². The number of carbonyl (C=O) groups excluding carboxylic acids is 1. The van der Waals surface area contributed by atoms with Crippen molar-refractivity contribution in [3.8, 4) is 5.75 Å². The van der Waals surface area contributed by atoms with E-state index in [9.17, 15) is 9.90 Å². The first-order valence-corrected chi connectivity index (χ1v) is 8.41. The molecule has 0 saturated carbocycles. The van der Waals surface area contributed by atoms with Crippen LogP contribution in [-0.2, 0) is 5.41 Å². The number of aryl methyl sites for hydroxylation is 1. The Morgan fingerprint density at radius 3 is 2.32 bits per heavy atom. The Bertz CT molecular complexity index is 712. The molecule has 1 atom stereocenters. The van der Waals surface area contributed by atoms with E-state index in [0.717, 1.165) is 21.7 Å². The second-order valence-corrected chi connectivity index (χ2v) is 7.99. The van der Waals surface area contributed by atoms with Crippen molar-refractivity contribution in [1.82, 2.24) is 0 Å². The topological polar surface area (TPSA) is 37.3 Å². The van der Waals surface area contributed by atoms with Crippen LogP contribution in [0.1, 0.15) is 49.2 Å². The molecule has 0 aliphatic rings. The maximum absolute atomic E-state index is 11.8. The highest BCUT2D eigenvalue weighted by atomic mass is 31.1. The summed E-state index contributed by atoms with van der Waals surface area (Å²) in [6.07, 6.45) is 0. The zero-order valence-electron chi connectivity index (χ0n) is 13.8. The zero-order chi connectivity index (χ0) is 16.5. The molecule has 0 aliphatic carbocycles. The van der Waals surface area contributed by atoms with Gasteiger partial charge in [-0.25, -0.2) is 0 Å². The van der Waals surface area contributed by atoms with E-state index >= 15 is 0 Å². The van der Waals surface area contributed by atoms with Gasteiger partial charge in [0.1, 0.15) is 5.75 Å². The molecule has 0 heterocycles. The highest BCUT2D eigenvalue weighted by molar-refractivity contribution is 7.56. The Hall–Kier alpha value is -1.66. The van der Waals surface area contributed by atoms with E-state index in [1.165, 1.54) is 5.56 Å². The first-order valence-electron chi connectivity index (χ1n) is 7.41. The molecule has 0 fully saturated rings. The smallest absolute Gasteiger partial charge is 0.160 e. The van der Waals surface area contributed by atoms with Crippen LogP contribution in [0, 0.1) is 6.92 Å². The fraction of sp³-hybridized carbons (Fsp3) is 0.316. The van der Waals surface area contributed by atoms with Gasteiger partial charge in [0.2, 0.25) is 0 Å². The fourth-order valence-corrected chi connectivity index (χ4v) is 3.76. The molecular formula is C19H23O2P. The molecule has 2 aromatic carbocycles. The monoisotopic (exact) mass is 314 g/mol. The largest absolute Gasteiger partial charge is 0.507 e. The van der Waals surface area contributed by atoms with Crippen molar-refractivity contribution in [1.29, 1.82) is 0 Å². The molecular weight excluding hydrogens is 291 g/mol. The summed E-state index contributed by atoms with van der Waals surface area (Å²) in [4.78, 5) is 11.8. The molecule has 0 aliphatic heterocycles. The average Bonchev–Trinajstić information content (AvgIpc) is 2.42. The van der Waals surface area contributed by atoms with Crippen LogP contribution in [0.25, 0.3) is 0 Å². The summed E-state index contributed by atoms with van der Waals surface area (Å²) < 4.78 is 0. The van der Waals surface area contributed by atoms with Crippen LogP contribution in [0.4, 0.5) is 0 Å². The van der Waals surface area contributed by atoms with Crippen LogP contribution in [-0.4, -0.2) is 10.9 Å². The lowest BCUT2D eigenvalue weighted by atomic mass is 9.86. The minimum absolute atomic E-state index is 0.0256. The summed E-state index contributed by atoms with van der Waals surface area (Å²) in [5.41, 5.74) is 2.84. The number of benzene rings is 2. The van der Waals surface area contributed by atoms with Crippen molar-refractivity contribution in [3.05, 3.63) is 53.1 Å². The molecule has 2 rings (SSSR count). The third-order valence-corrected chi connectivity index (χ3v) is 5.10. The molecule has 1 unspecified atom stereocenters. The van der Waals surface area contributed by atoms with Crippen molar-refractivity contribution >= 4 is 25.0 Å². The summed E-state index contributed by atoms with van der Waals surface area (Å²) in [5, 5.41) is 12.3. The Kier molecular flexibility index (Phi) is 4.72. The number of aromatic hydroxyl groups is 1. The maximum atomic E-state index is 11.8. The van der Waals surface area contributed by atoms with Gasteiger partial charge >= 0.3 is 0 Å². The molecule has 0 saturated heterocycles. The molecule has 0 spiro atoms. The second-order valence-electron chi connectivity index (χ2n) is 6.67. The quantitative estimate of drug-likeness (QED) is 0.690. The fourth-order valence-electron chi connectivity index (χ4n) is 2.35. The molecule has 2 aromatic rings. The van der Waals surface area contributed by atoms with Gasteiger partial charge in [-0.3, -0.25) is 4.79 Å². The van der Waals surface area contributed by atoms with E-state index in [0.29, 0.717) is 5.75 Å². The van der Waals surface area contributed by atoms with Crippen molar-refractivity contribution in [2.45, 2.75) is 40.0 Å². The highest BCUT2D eigenvalue weighted by Crippen LogP contribution is 2.30. The van der Waals surface area contributed by atoms with Crippen LogP contribution >= 0.6 is 8.58 Å². The molecule has 116 valence electrons. The Morgan fingerprint density at radius 2 is 1.73 bits per heavy atom. The van der Waals surface area contributed by atoms with Crippen molar-refractivity contribution < 1.29 is 9.90 Å². The van der Waals surface area contributed by atoms with E-state index in [4.69, 9.17) is 0 Å². The van der Waals surface area contributed by atoms with Gasteiger partial charge in [0.05, 0.1) is 0 Å². The van der Waals surface area contributed by atoms with Gasteiger partial charge in [-0.2, -0.15) is 0 Å². The summed E-state index contributed by atoms with van der Waals surface area (Å²) in [5.74, 6) is 0.399. The standard InChI is InChI=1S/C19H23O2P/c1-12-10-14(19(3,4)5)11-17(18(12)21)22-16-9-7-6-8-15(16)13(2)20/h6-11,21-22H,1-5H3. The predicted octanol–water partition coefficient (Wildman–Crippen LogP) is 3.83. The summed E-state index contributed by atoms with van der Waals surface area (Å²) in [6, 6.07) is 11.7. The van der Waals surface area contributed by atoms with E-state index in [1.807, 2.05) is 37.3 Å². The molecule has 0 aromatic heterocycles. The zero-order valence-corrected chi connectivity index (χ0v) is 14.8. The van der Waals surface area contributed by atoms with Crippen LogP contribution in [0.2, 0.25) is 0 Å². The third-order valence-electron chi connectivity index (χ3n) is 3.74. The molecule has 3 heteroatoms. The number of ketones is 1. The molecule has 0 bridgehead atoms. The minimum Gasteiger partial charge on any atom is -0.507 e. The van der Waals surface area contributed by atoms with E-state index in [2.05, 4.69) is 26.8 Å². The van der Waals surface area contributed by atoms with Crippen LogP contribution in [0.15, 0.2) is 36.4 Å². The first kappa shape index (κ1) is 16.7. The molecule has 0 amide bonds. The molecule has 2 nitrogen and oxygen atoms in total. The Balaban J connectivity index is 2.50. The number of phenols is 1. The number of phenolic OH excluding ortho intramolecular Hbond substituents is 1. The molecule has 0 radical (unpaired) electrons. The number of hydrogen-bond donors (Lipinski definition) is 1. The van der Waals surface area contributed by atoms with Gasteiger partial charge in [-0.15, -0.1) is 0 Å². The minimum atomic E-state index is 0.0256. The summed E-state index contributed by atoms with van der Waals surface area (Å²) in [6.45, 7) is 10.00. The van der Waals surface area contributed by atoms with E-state index in [1.54, 1.807) is 6.92 Å². The van der Waals surface area contributed by atoms with Crippen LogP contribution in [0.3, 0.4) is 0 Å². The van der Waals surface area contributed by atoms with E-state index in [-0.39, 0.29) is 19.8 Å². The highest BCUT2D eigenvalue weighted by Gasteiger charge is 2.18. The first-order chi connectivity index (χ1) is 10.2. The third kappa shape index (κ3) is 3.56. The predicted molar refractivity (Wildman–Crippen MR) is 95.6 cm³/mol. The summed E-state index contributed by atoms with van der Waals surface area (Å²) in [7, 11) is 0.268. The lowest BCUT2D eigenvalue weighted by Gasteiger charge is -2.22. The number of rotatable bonds is 3. The number of Topliss-reactive ketones (excluding diaryl/α,β-unsaturated/α-hetero) is 1. The van der Waals surface area contributed by atoms with Gasteiger partial charge in [-0.05, 0) is 41.8 Å². The normalized spacial score (nSPS) is 12.0. The van der Waals surface area contributed by atoms with Crippen molar-refractivity contribution in [3.63, 3.8) is 0 Å². The average molecular weight is 314 g/mol. The van der Waals surface area contributed by atoms with E-state index < -0.39 is 0 Å². The number of hydrogen-bond acceptors (Lipinski definition) is 2. The van der Waals surface area contributed by atoms with Gasteiger partial charge in [0.15, 0.2) is 5.78 Å². The number of carbonyl (C=O) groups is 1.